The first-order valence-electron chi connectivity index (χ1n) is 4.36. The molecule has 1 aliphatic rings. The molecule has 1 fully saturated rings. The molecule has 0 amide bonds. The highest BCUT2D eigenvalue weighted by Gasteiger charge is 2.21. The average molecular weight is 154 g/mol. The van der Waals surface area contributed by atoms with E-state index in [1.807, 2.05) is 0 Å². The van der Waals surface area contributed by atoms with Gasteiger partial charge in [-0.3, -0.25) is 0 Å². The molecule has 0 aromatic carbocycles. The summed E-state index contributed by atoms with van der Waals surface area (Å²) in [6.07, 6.45) is 4.30. The van der Waals surface area contributed by atoms with E-state index in [9.17, 15) is 0 Å². The van der Waals surface area contributed by atoms with E-state index in [1.54, 1.807) is 4.90 Å². The van der Waals surface area contributed by atoms with E-state index in [1.165, 1.54) is 32.4 Å². The van der Waals surface area contributed by atoms with E-state index < -0.39 is 0 Å². The van der Waals surface area contributed by atoms with Gasteiger partial charge in [0.05, 0.1) is 20.1 Å². The van der Waals surface area contributed by atoms with Crippen molar-refractivity contribution in [1.29, 1.82) is 5.26 Å². The molecule has 1 aliphatic heterocycles. The Bertz CT molecular complexity index is 107. The highest BCUT2D eigenvalue weighted by molar-refractivity contribution is 4.60. The summed E-state index contributed by atoms with van der Waals surface area (Å²) < 4.78 is 0. The van der Waals surface area contributed by atoms with Gasteiger partial charge >= 0.3 is 0 Å². The lowest BCUT2D eigenvalue weighted by molar-refractivity contribution is -0.867. The highest BCUT2D eigenvalue weighted by atomic mass is 15.1. The van der Waals surface area contributed by atoms with Crippen LogP contribution < -0.4 is 4.90 Å². The summed E-state index contributed by atoms with van der Waals surface area (Å²) in [4.78, 5) is 1.73. The van der Waals surface area contributed by atoms with Crippen molar-refractivity contribution in [1.82, 2.24) is 0 Å². The van der Waals surface area contributed by atoms with Crippen LogP contribution in [0.1, 0.15) is 26.2 Å². The Morgan fingerprint density at radius 3 is 2.55 bits per heavy atom. The molecule has 1 heterocycles. The average Bonchev–Trinajstić information content (AvgIpc) is 2.41. The van der Waals surface area contributed by atoms with Gasteiger partial charge in [0.25, 0.3) is 0 Å². The first-order chi connectivity index (χ1) is 5.33. The third-order valence-corrected chi connectivity index (χ3v) is 2.31. The molecule has 1 N–H and O–H groups in total. The van der Waals surface area contributed by atoms with E-state index in [0.29, 0.717) is 0 Å². The van der Waals surface area contributed by atoms with Gasteiger partial charge in [0.1, 0.15) is 0 Å². The number of likely N-dealkylation sites (tertiary alicyclic amines) is 1. The quantitative estimate of drug-likeness (QED) is 0.574. The van der Waals surface area contributed by atoms with Crippen LogP contribution in [0.25, 0.3) is 0 Å². The molecule has 0 aromatic heterocycles. The molecule has 2 unspecified atom stereocenters. The molecule has 0 aromatic rings. The Morgan fingerprint density at radius 1 is 1.55 bits per heavy atom. The lowest BCUT2D eigenvalue weighted by atomic mass is 10.0. The zero-order chi connectivity index (χ0) is 8.69. The largest absolute Gasteiger partial charge is 0.512 e. The molecule has 0 aliphatic carbocycles. The third kappa shape index (κ3) is 4.00. The summed E-state index contributed by atoms with van der Waals surface area (Å²) in [6.45, 7) is 9.87. The molecule has 64 valence electrons. The number of nitrogens with one attached hydrogen (secondary N) is 1. The van der Waals surface area contributed by atoms with Gasteiger partial charge in [-0.05, 0) is 6.42 Å². The molecular weight excluding hydrogens is 136 g/mol. The van der Waals surface area contributed by atoms with E-state index in [-0.39, 0.29) is 0 Å². The molecule has 2 heteroatoms. The van der Waals surface area contributed by atoms with Crippen LogP contribution in [0.2, 0.25) is 0 Å². The van der Waals surface area contributed by atoms with Gasteiger partial charge in [0.2, 0.25) is 0 Å². The van der Waals surface area contributed by atoms with Crippen molar-refractivity contribution in [3.05, 3.63) is 6.57 Å². The van der Waals surface area contributed by atoms with Crippen molar-refractivity contribution in [2.75, 3.05) is 20.1 Å². The molecule has 1 saturated heterocycles. The number of quaternary nitrogens is 1. The minimum absolute atomic E-state index is 1.05. The smallest absolute Gasteiger partial charge is 0.0799 e. The molecule has 0 spiro atoms. The Hall–Kier alpha value is -0.550. The number of hydrogen-bond donors (Lipinski definition) is 1. The van der Waals surface area contributed by atoms with Crippen LogP contribution in [0.4, 0.5) is 0 Å². The second-order valence-corrected chi connectivity index (χ2v) is 3.35. The number of hydrogen-bond acceptors (Lipinski definition) is 1. The fourth-order valence-corrected chi connectivity index (χ4v) is 1.80. The van der Waals surface area contributed by atoms with Crippen LogP contribution in [0, 0.1) is 17.8 Å². The van der Waals surface area contributed by atoms with Crippen molar-refractivity contribution in [2.45, 2.75) is 26.2 Å². The van der Waals surface area contributed by atoms with Crippen molar-refractivity contribution < 1.29 is 4.90 Å². The lowest BCUT2D eigenvalue weighted by Crippen LogP contribution is -3.07. The predicted octanol–water partition coefficient (Wildman–Crippen LogP) is 0.417. The molecule has 2 nitrogen and oxygen atoms in total. The van der Waals surface area contributed by atoms with E-state index >= 15 is 0 Å². The predicted molar refractivity (Wildman–Crippen MR) is 44.6 cm³/mol. The van der Waals surface area contributed by atoms with Gasteiger partial charge in [-0.15, -0.1) is 0 Å². The fraction of sp³-hybridized carbons (Fsp3) is 0.889. The van der Waals surface area contributed by atoms with Crippen LogP contribution in [0.5, 0.6) is 0 Å². The molecule has 0 radical (unpaired) electrons. The number of nitrogens with zero attached hydrogens (tertiary/aromatic N) is 1. The Morgan fingerprint density at radius 2 is 2.18 bits per heavy atom. The first kappa shape index (κ1) is 10.4. The molecule has 0 saturated carbocycles. The molecular formula is C9H18N2. The van der Waals surface area contributed by atoms with E-state index in [2.05, 4.69) is 14.0 Å². The van der Waals surface area contributed by atoms with Crippen LogP contribution in [-0.4, -0.2) is 20.1 Å². The van der Waals surface area contributed by atoms with Gasteiger partial charge in [-0.25, -0.2) is 0 Å². The fourth-order valence-electron chi connectivity index (χ4n) is 1.80. The molecule has 2 atom stereocenters. The maximum atomic E-state index is 6.25. The second-order valence-electron chi connectivity index (χ2n) is 3.35. The van der Waals surface area contributed by atoms with E-state index in [4.69, 9.17) is 11.8 Å². The summed E-state index contributed by atoms with van der Waals surface area (Å²) in [5.74, 6) is 1.05. The van der Waals surface area contributed by atoms with Gasteiger partial charge in [-0.2, -0.15) is 0 Å². The lowest BCUT2D eigenvalue weighted by Gasteiger charge is -2.04. The topological polar surface area (TPSA) is 28.2 Å². The Labute approximate surface area is 69.8 Å². The minimum Gasteiger partial charge on any atom is -0.512 e. The van der Waals surface area contributed by atoms with Gasteiger partial charge < -0.3 is 16.7 Å². The summed E-state index contributed by atoms with van der Waals surface area (Å²) in [7, 11) is 2.30. The number of rotatable bonds is 2. The summed E-state index contributed by atoms with van der Waals surface area (Å²) in [6, 6.07) is 0. The molecule has 1 rings (SSSR count). The monoisotopic (exact) mass is 154 g/mol. The summed E-state index contributed by atoms with van der Waals surface area (Å²) in [5.41, 5.74) is 0. The highest BCUT2D eigenvalue weighted by Crippen LogP contribution is 2.10. The van der Waals surface area contributed by atoms with Gasteiger partial charge in [-0.1, -0.05) is 13.3 Å². The second kappa shape index (κ2) is 6.18. The summed E-state index contributed by atoms with van der Waals surface area (Å²) in [5, 5.41) is 6.25. The SMILES string of the molecule is CCCC1CC[NH+](C)C1.[C-]#N. The van der Waals surface area contributed by atoms with Crippen molar-refractivity contribution >= 4 is 0 Å². The standard InChI is InChI=1S/C8H17N.CN/c1-3-4-8-5-6-9(2)7-8;1-2/h8H,3-7H2,1-2H3;/q;-1/p+1. The molecule has 11 heavy (non-hydrogen) atoms. The van der Waals surface area contributed by atoms with Crippen LogP contribution in [-0.2, 0) is 0 Å². The van der Waals surface area contributed by atoms with Gasteiger partial charge in [0, 0.05) is 12.3 Å². The minimum atomic E-state index is 1.05. The van der Waals surface area contributed by atoms with Crippen molar-refractivity contribution in [3.8, 4) is 0 Å². The zero-order valence-electron chi connectivity index (χ0n) is 7.56. The first-order valence-corrected chi connectivity index (χ1v) is 4.36. The van der Waals surface area contributed by atoms with Crippen LogP contribution in [0.3, 0.4) is 0 Å². The van der Waals surface area contributed by atoms with Crippen molar-refractivity contribution in [3.63, 3.8) is 0 Å². The van der Waals surface area contributed by atoms with E-state index in [0.717, 1.165) is 5.92 Å². The zero-order valence-corrected chi connectivity index (χ0v) is 7.56. The normalized spacial score (nSPS) is 29.1. The third-order valence-electron chi connectivity index (χ3n) is 2.31. The van der Waals surface area contributed by atoms with Crippen LogP contribution in [0.15, 0.2) is 0 Å². The van der Waals surface area contributed by atoms with Gasteiger partial charge in [0.15, 0.2) is 0 Å². The maximum absolute atomic E-state index is 6.25. The Kier molecular flexibility index (Phi) is 5.87. The maximum Gasteiger partial charge on any atom is 0.0799 e. The molecule has 0 bridgehead atoms. The van der Waals surface area contributed by atoms with Crippen molar-refractivity contribution in [2.24, 2.45) is 5.92 Å². The summed E-state index contributed by atoms with van der Waals surface area (Å²) >= 11 is 0. The Balaban J connectivity index is 0.000000461. The van der Waals surface area contributed by atoms with Crippen LogP contribution >= 0.6 is 0 Å².